The lowest BCUT2D eigenvalue weighted by Crippen LogP contribution is -2.30. The number of hydrogen-bond donors (Lipinski definition) is 1. The van der Waals surface area contributed by atoms with E-state index in [1.54, 1.807) is 27.0 Å². The molecular weight excluding hydrogens is 182 g/mol. The first-order chi connectivity index (χ1) is 6.32. The Kier molecular flexibility index (Phi) is 2.53. The first-order valence-electron chi connectivity index (χ1n) is 4.23. The van der Waals surface area contributed by atoms with E-state index in [0.29, 0.717) is 5.69 Å². The third-order valence-corrected chi connectivity index (χ3v) is 1.81. The van der Waals surface area contributed by atoms with Crippen LogP contribution < -0.4 is 5.73 Å². The number of rotatable bonds is 2. The molecule has 0 atom stereocenters. The van der Waals surface area contributed by atoms with Crippen LogP contribution in [0.4, 0.5) is 5.69 Å². The topological polar surface area (TPSA) is 82.0 Å². The lowest BCUT2D eigenvalue weighted by molar-refractivity contribution is -0.386. The largest absolute Gasteiger partial charge is 0.320 e. The maximum atomic E-state index is 10.7. The summed E-state index contributed by atoms with van der Waals surface area (Å²) in [5, 5.41) is 10.7. The Morgan fingerprint density at radius 2 is 2.14 bits per heavy atom. The monoisotopic (exact) mass is 195 g/mol. The molecule has 1 heterocycles. The lowest BCUT2D eigenvalue weighted by Gasteiger charge is -2.17. The van der Waals surface area contributed by atoms with Gasteiger partial charge in [-0.15, -0.1) is 0 Å². The van der Waals surface area contributed by atoms with Crippen LogP contribution in [0.5, 0.6) is 0 Å². The maximum absolute atomic E-state index is 10.7. The Morgan fingerprint density at radius 1 is 1.57 bits per heavy atom. The van der Waals surface area contributed by atoms with Crippen LogP contribution in [0.1, 0.15) is 25.1 Å². The summed E-state index contributed by atoms with van der Waals surface area (Å²) in [4.78, 5) is 14.3. The minimum atomic E-state index is -0.796. The average Bonchev–Trinajstić information content (AvgIpc) is 2.01. The second kappa shape index (κ2) is 3.34. The average molecular weight is 195 g/mol. The van der Waals surface area contributed by atoms with Crippen LogP contribution >= 0.6 is 0 Å². The number of pyridine rings is 1. The van der Waals surface area contributed by atoms with Crippen molar-refractivity contribution < 1.29 is 4.92 Å². The predicted molar refractivity (Wildman–Crippen MR) is 52.8 cm³/mol. The number of hydrogen-bond acceptors (Lipinski definition) is 4. The minimum absolute atomic E-state index is 0.0162. The quantitative estimate of drug-likeness (QED) is 0.572. The highest BCUT2D eigenvalue weighted by Crippen LogP contribution is 2.25. The highest BCUT2D eigenvalue weighted by Gasteiger charge is 2.26. The first kappa shape index (κ1) is 10.6. The third kappa shape index (κ3) is 2.05. The van der Waals surface area contributed by atoms with Crippen molar-refractivity contribution in [2.24, 2.45) is 5.73 Å². The summed E-state index contributed by atoms with van der Waals surface area (Å²) in [6.45, 7) is 5.14. The number of nitrogens with two attached hydrogens (primary N) is 1. The van der Waals surface area contributed by atoms with E-state index in [1.165, 1.54) is 6.07 Å². The molecule has 0 unspecified atom stereocenters. The van der Waals surface area contributed by atoms with Gasteiger partial charge in [0, 0.05) is 12.3 Å². The van der Waals surface area contributed by atoms with E-state index in [4.69, 9.17) is 5.73 Å². The molecule has 0 radical (unpaired) electrons. The Balaban J connectivity index is 3.37. The van der Waals surface area contributed by atoms with Gasteiger partial charge in [0.25, 0.3) is 5.69 Å². The van der Waals surface area contributed by atoms with Crippen LogP contribution in [-0.4, -0.2) is 9.91 Å². The molecule has 0 bridgehead atoms. The van der Waals surface area contributed by atoms with E-state index in [0.717, 1.165) is 5.56 Å². The molecular formula is C9H13N3O2. The summed E-state index contributed by atoms with van der Waals surface area (Å²) < 4.78 is 0. The number of aryl methyl sites for hydroxylation is 1. The van der Waals surface area contributed by atoms with E-state index in [-0.39, 0.29) is 5.69 Å². The zero-order valence-corrected chi connectivity index (χ0v) is 8.44. The second-order valence-electron chi connectivity index (χ2n) is 3.86. The summed E-state index contributed by atoms with van der Waals surface area (Å²) >= 11 is 0. The molecule has 14 heavy (non-hydrogen) atoms. The Bertz CT molecular complexity index is 369. The van der Waals surface area contributed by atoms with Crippen molar-refractivity contribution >= 4 is 5.69 Å². The van der Waals surface area contributed by atoms with Crippen molar-refractivity contribution in [1.82, 2.24) is 4.98 Å². The van der Waals surface area contributed by atoms with Crippen molar-refractivity contribution in [1.29, 1.82) is 0 Å². The molecule has 2 N–H and O–H groups in total. The summed E-state index contributed by atoms with van der Waals surface area (Å²) in [6, 6.07) is 1.48. The lowest BCUT2D eigenvalue weighted by atomic mass is 9.99. The van der Waals surface area contributed by atoms with Crippen molar-refractivity contribution in [3.63, 3.8) is 0 Å². The molecule has 76 valence electrons. The highest BCUT2D eigenvalue weighted by molar-refractivity contribution is 5.41. The fourth-order valence-corrected chi connectivity index (χ4v) is 1.19. The van der Waals surface area contributed by atoms with Gasteiger partial charge in [0.1, 0.15) is 5.69 Å². The van der Waals surface area contributed by atoms with Crippen LogP contribution in [0, 0.1) is 17.0 Å². The second-order valence-corrected chi connectivity index (χ2v) is 3.86. The van der Waals surface area contributed by atoms with Gasteiger partial charge in [0.05, 0.1) is 10.5 Å². The molecule has 5 nitrogen and oxygen atoms in total. The number of nitrogens with zero attached hydrogens (tertiary/aromatic N) is 2. The van der Waals surface area contributed by atoms with Gasteiger partial charge >= 0.3 is 0 Å². The zero-order valence-electron chi connectivity index (χ0n) is 8.44. The van der Waals surface area contributed by atoms with Crippen molar-refractivity contribution in [3.8, 4) is 0 Å². The molecule has 5 heteroatoms. The molecule has 1 aromatic rings. The Hall–Kier alpha value is -1.49. The van der Waals surface area contributed by atoms with E-state index in [1.807, 2.05) is 0 Å². The maximum Gasteiger partial charge on any atom is 0.292 e. The standard InChI is InChI=1S/C9H13N3O2/c1-6-4-7(12(13)14)8(11-5-6)9(2,3)10/h4-5H,10H2,1-3H3. The molecule has 1 aromatic heterocycles. The van der Waals surface area contributed by atoms with Gasteiger partial charge < -0.3 is 5.73 Å². The fraction of sp³-hybridized carbons (Fsp3) is 0.444. The molecule has 0 aromatic carbocycles. The van der Waals surface area contributed by atoms with Crippen molar-refractivity contribution in [2.75, 3.05) is 0 Å². The van der Waals surface area contributed by atoms with Gasteiger partial charge in [-0.2, -0.15) is 0 Å². The molecule has 0 fully saturated rings. The van der Waals surface area contributed by atoms with Gasteiger partial charge in [0.15, 0.2) is 0 Å². The van der Waals surface area contributed by atoms with Crippen LogP contribution in [0.25, 0.3) is 0 Å². The van der Waals surface area contributed by atoms with Crippen LogP contribution in [-0.2, 0) is 5.54 Å². The Morgan fingerprint density at radius 3 is 2.57 bits per heavy atom. The normalized spacial score (nSPS) is 11.4. The summed E-state index contributed by atoms with van der Waals surface area (Å²) in [5.74, 6) is 0. The van der Waals surface area contributed by atoms with Gasteiger partial charge in [-0.25, -0.2) is 0 Å². The number of aromatic nitrogens is 1. The highest BCUT2D eigenvalue weighted by atomic mass is 16.6. The van der Waals surface area contributed by atoms with Crippen LogP contribution in [0.3, 0.4) is 0 Å². The fourth-order valence-electron chi connectivity index (χ4n) is 1.19. The predicted octanol–water partition coefficient (Wildman–Crippen LogP) is 1.49. The van der Waals surface area contributed by atoms with E-state index >= 15 is 0 Å². The molecule has 0 spiro atoms. The molecule has 1 rings (SSSR count). The SMILES string of the molecule is Cc1cnc(C(C)(C)N)c([N+](=O)[O-])c1. The first-order valence-corrected chi connectivity index (χ1v) is 4.23. The number of nitro groups is 1. The molecule has 0 aliphatic heterocycles. The van der Waals surface area contributed by atoms with Gasteiger partial charge in [-0.05, 0) is 26.3 Å². The van der Waals surface area contributed by atoms with Crippen LogP contribution in [0.15, 0.2) is 12.3 Å². The third-order valence-electron chi connectivity index (χ3n) is 1.81. The van der Waals surface area contributed by atoms with E-state index in [9.17, 15) is 10.1 Å². The van der Waals surface area contributed by atoms with Gasteiger partial charge in [-0.1, -0.05) is 0 Å². The summed E-state index contributed by atoms with van der Waals surface area (Å²) in [6.07, 6.45) is 1.58. The van der Waals surface area contributed by atoms with Crippen LogP contribution in [0.2, 0.25) is 0 Å². The molecule has 0 saturated carbocycles. The van der Waals surface area contributed by atoms with E-state index < -0.39 is 10.5 Å². The van der Waals surface area contributed by atoms with Crippen molar-refractivity contribution in [3.05, 3.63) is 33.6 Å². The summed E-state index contributed by atoms with van der Waals surface area (Å²) in [7, 11) is 0. The minimum Gasteiger partial charge on any atom is -0.320 e. The van der Waals surface area contributed by atoms with E-state index in [2.05, 4.69) is 4.98 Å². The molecule has 0 amide bonds. The Labute approximate surface area is 82.1 Å². The zero-order chi connectivity index (χ0) is 10.9. The van der Waals surface area contributed by atoms with Crippen molar-refractivity contribution in [2.45, 2.75) is 26.3 Å². The smallest absolute Gasteiger partial charge is 0.292 e. The molecule has 0 aliphatic carbocycles. The van der Waals surface area contributed by atoms with Gasteiger partial charge in [-0.3, -0.25) is 15.1 Å². The molecule has 0 saturated heterocycles. The summed E-state index contributed by atoms with van der Waals surface area (Å²) in [5.41, 5.74) is 6.03. The molecule has 0 aliphatic rings. The van der Waals surface area contributed by atoms with Gasteiger partial charge in [0.2, 0.25) is 0 Å².